The van der Waals surface area contributed by atoms with Crippen molar-refractivity contribution in [3.8, 4) is 17.1 Å². The monoisotopic (exact) mass is 577 g/mol. The minimum Gasteiger partial charge on any atom is -0.382 e. The normalized spacial score (nSPS) is 16.4. The molecule has 1 saturated heterocycles. The molecular weight excluding hydrogens is 555 g/mol. The van der Waals surface area contributed by atoms with Gasteiger partial charge in [-0.15, -0.1) is 10.2 Å². The van der Waals surface area contributed by atoms with Crippen LogP contribution in [0, 0.1) is 0 Å². The average molecular weight is 578 g/mol. The van der Waals surface area contributed by atoms with E-state index in [0.717, 1.165) is 15.7 Å². The first-order chi connectivity index (χ1) is 19.0. The van der Waals surface area contributed by atoms with Gasteiger partial charge in [-0.05, 0) is 49.2 Å². The van der Waals surface area contributed by atoms with Crippen molar-refractivity contribution in [3.63, 3.8) is 0 Å². The number of nitrogens with zero attached hydrogens (tertiary/aromatic N) is 8. The first kappa shape index (κ1) is 27.3. The molecule has 1 amide bonds. The van der Waals surface area contributed by atoms with E-state index in [-0.39, 0.29) is 18.2 Å². The second kappa shape index (κ2) is 10.7. The lowest BCUT2D eigenvalue weighted by Gasteiger charge is -2.25. The highest BCUT2D eigenvalue weighted by atomic mass is 35.5. The van der Waals surface area contributed by atoms with Crippen LogP contribution in [0.25, 0.3) is 17.1 Å². The number of hydrogen-bond donors (Lipinski definition) is 2. The molecule has 4 heterocycles. The van der Waals surface area contributed by atoms with Crippen LogP contribution in [-0.2, 0) is 17.9 Å². The number of rotatable bonds is 8. The Kier molecular flexibility index (Phi) is 7.33. The summed E-state index contributed by atoms with van der Waals surface area (Å²) in [5.74, 6) is 0.0576. The van der Waals surface area contributed by atoms with E-state index in [4.69, 9.17) is 17.3 Å². The number of pyridine rings is 1. The molecule has 1 unspecified atom stereocenters. The maximum atomic E-state index is 13.1. The third-order valence-corrected chi connectivity index (χ3v) is 6.71. The van der Waals surface area contributed by atoms with Crippen molar-refractivity contribution >= 4 is 23.3 Å². The van der Waals surface area contributed by atoms with Gasteiger partial charge >= 0.3 is 11.9 Å². The molecule has 40 heavy (non-hydrogen) atoms. The molecule has 5 rings (SSSR count). The molecule has 3 N–H and O–H groups in total. The summed E-state index contributed by atoms with van der Waals surface area (Å²) in [4.78, 5) is 35.5. The number of aliphatic hydroxyl groups is 1. The second-order valence-corrected chi connectivity index (χ2v) is 9.58. The standard InChI is InChI=1S/C24H23ClF3N9O3/c25-15-7-5-14(6-8-15)21-33-36(23(40)35(21)11-18(38)24(26,27)28)12-19-31-13-37(32-19)17-3-1-9-30-22(17)34-10-2-4-16(34)20(29)39/h1,3,5-9,13,16,18,38H,2,4,10-12H2,(H2,29,39)/t16-,18?/m1/s1. The Labute approximate surface area is 229 Å². The number of benzene rings is 1. The molecule has 210 valence electrons. The maximum Gasteiger partial charge on any atom is 0.416 e. The van der Waals surface area contributed by atoms with Gasteiger partial charge in [0, 0.05) is 23.3 Å². The summed E-state index contributed by atoms with van der Waals surface area (Å²) in [6.45, 7) is -0.758. The largest absolute Gasteiger partial charge is 0.416 e. The van der Waals surface area contributed by atoms with Gasteiger partial charge in [0.2, 0.25) is 5.91 Å². The van der Waals surface area contributed by atoms with E-state index in [1.807, 2.05) is 0 Å². The number of amides is 1. The third-order valence-electron chi connectivity index (χ3n) is 6.46. The number of hydrogen-bond acceptors (Lipinski definition) is 8. The second-order valence-electron chi connectivity index (χ2n) is 9.14. The van der Waals surface area contributed by atoms with Crippen LogP contribution in [0.4, 0.5) is 19.0 Å². The van der Waals surface area contributed by atoms with E-state index < -0.39 is 36.5 Å². The fraction of sp³-hybridized carbons (Fsp3) is 0.333. The highest BCUT2D eigenvalue weighted by Crippen LogP contribution is 2.29. The Bertz CT molecular complexity index is 1580. The highest BCUT2D eigenvalue weighted by molar-refractivity contribution is 6.30. The molecule has 1 aliphatic heterocycles. The molecule has 12 nitrogen and oxygen atoms in total. The fourth-order valence-electron chi connectivity index (χ4n) is 4.52. The minimum atomic E-state index is -4.94. The average Bonchev–Trinajstić information content (AvgIpc) is 3.65. The number of aliphatic hydroxyl groups excluding tert-OH is 1. The Hall–Kier alpha value is -4.24. The van der Waals surface area contributed by atoms with Crippen LogP contribution in [0.15, 0.2) is 53.7 Å². The van der Waals surface area contributed by atoms with Gasteiger partial charge in [0.15, 0.2) is 23.6 Å². The fourth-order valence-corrected chi connectivity index (χ4v) is 4.65. The van der Waals surface area contributed by atoms with Crippen LogP contribution >= 0.6 is 11.6 Å². The zero-order chi connectivity index (χ0) is 28.6. The smallest absolute Gasteiger partial charge is 0.382 e. The number of carbonyl (C=O) groups excluding carboxylic acids is 1. The van der Waals surface area contributed by atoms with E-state index in [0.29, 0.717) is 35.1 Å². The maximum absolute atomic E-state index is 13.1. The summed E-state index contributed by atoms with van der Waals surface area (Å²) in [6, 6.07) is 8.91. The third kappa shape index (κ3) is 5.42. The first-order valence-corrected chi connectivity index (χ1v) is 12.5. The molecule has 0 spiro atoms. The molecule has 0 saturated carbocycles. The van der Waals surface area contributed by atoms with E-state index in [9.17, 15) is 27.9 Å². The topological polar surface area (TPSA) is 150 Å². The lowest BCUT2D eigenvalue weighted by Crippen LogP contribution is -2.41. The summed E-state index contributed by atoms with van der Waals surface area (Å²) < 4.78 is 42.4. The molecule has 3 aromatic heterocycles. The molecule has 0 bridgehead atoms. The van der Waals surface area contributed by atoms with E-state index in [1.165, 1.54) is 35.3 Å². The number of carbonyl (C=O) groups is 1. The van der Waals surface area contributed by atoms with Crippen LogP contribution < -0.4 is 16.3 Å². The van der Waals surface area contributed by atoms with Crippen molar-refractivity contribution in [3.05, 3.63) is 70.3 Å². The summed E-state index contributed by atoms with van der Waals surface area (Å²) in [5.41, 5.74) is 5.51. The quantitative estimate of drug-likeness (QED) is 0.322. The predicted molar refractivity (Wildman–Crippen MR) is 137 cm³/mol. The van der Waals surface area contributed by atoms with Crippen molar-refractivity contribution in [2.45, 2.75) is 44.3 Å². The Morgan fingerprint density at radius 2 is 1.93 bits per heavy atom. The number of alkyl halides is 3. The lowest BCUT2D eigenvalue weighted by molar-refractivity contribution is -0.207. The Balaban J connectivity index is 1.47. The van der Waals surface area contributed by atoms with Gasteiger partial charge in [0.25, 0.3) is 0 Å². The molecule has 2 atom stereocenters. The van der Waals surface area contributed by atoms with Crippen molar-refractivity contribution in [2.75, 3.05) is 11.4 Å². The van der Waals surface area contributed by atoms with Crippen LogP contribution in [0.5, 0.6) is 0 Å². The Morgan fingerprint density at radius 1 is 1.18 bits per heavy atom. The molecule has 16 heteroatoms. The van der Waals surface area contributed by atoms with Crippen LogP contribution in [0.3, 0.4) is 0 Å². The number of primary amides is 1. The van der Waals surface area contributed by atoms with Crippen LogP contribution in [-0.4, -0.2) is 70.0 Å². The molecule has 0 radical (unpaired) electrons. The van der Waals surface area contributed by atoms with E-state index in [1.54, 1.807) is 23.2 Å². The van der Waals surface area contributed by atoms with Gasteiger partial charge in [-0.3, -0.25) is 9.36 Å². The summed E-state index contributed by atoms with van der Waals surface area (Å²) in [5, 5.41) is 18.7. The lowest BCUT2D eigenvalue weighted by atomic mass is 10.2. The first-order valence-electron chi connectivity index (χ1n) is 12.1. The number of aromatic nitrogens is 7. The molecule has 1 aromatic carbocycles. The van der Waals surface area contributed by atoms with Gasteiger partial charge in [-0.2, -0.15) is 13.2 Å². The molecular formula is C24H23ClF3N9O3. The predicted octanol–water partition coefficient (Wildman–Crippen LogP) is 1.77. The molecule has 4 aromatic rings. The zero-order valence-corrected chi connectivity index (χ0v) is 21.5. The van der Waals surface area contributed by atoms with Crippen molar-refractivity contribution in [2.24, 2.45) is 5.73 Å². The summed E-state index contributed by atoms with van der Waals surface area (Å²) in [7, 11) is 0. The van der Waals surface area contributed by atoms with Crippen molar-refractivity contribution in [1.82, 2.24) is 34.1 Å². The van der Waals surface area contributed by atoms with Gasteiger partial charge < -0.3 is 15.7 Å². The molecule has 1 fully saturated rings. The van der Waals surface area contributed by atoms with E-state index >= 15 is 0 Å². The van der Waals surface area contributed by atoms with Gasteiger partial charge in [-0.25, -0.2) is 24.1 Å². The Morgan fingerprint density at radius 3 is 2.62 bits per heavy atom. The van der Waals surface area contributed by atoms with Gasteiger partial charge in [0.1, 0.15) is 24.6 Å². The number of nitrogens with two attached hydrogens (primary N) is 1. The molecule has 0 aliphatic carbocycles. The van der Waals surface area contributed by atoms with Crippen LogP contribution in [0.2, 0.25) is 5.02 Å². The SMILES string of the molecule is NC(=O)[C@H]1CCCN1c1ncccc1-n1cnc(Cn2nc(-c3ccc(Cl)cc3)n(CC(O)C(F)(F)F)c2=O)n1. The van der Waals surface area contributed by atoms with Crippen LogP contribution in [0.1, 0.15) is 18.7 Å². The number of anilines is 1. The summed E-state index contributed by atoms with van der Waals surface area (Å²) >= 11 is 5.92. The highest BCUT2D eigenvalue weighted by Gasteiger charge is 2.39. The minimum absolute atomic E-state index is 0.0922. The molecule has 1 aliphatic rings. The summed E-state index contributed by atoms with van der Waals surface area (Å²) in [6.07, 6.45) is -3.41. The van der Waals surface area contributed by atoms with Gasteiger partial charge in [0.05, 0.1) is 6.54 Å². The zero-order valence-electron chi connectivity index (χ0n) is 20.7. The van der Waals surface area contributed by atoms with E-state index in [2.05, 4.69) is 20.2 Å². The van der Waals surface area contributed by atoms with Crippen molar-refractivity contribution in [1.29, 1.82) is 0 Å². The van der Waals surface area contributed by atoms with Crippen molar-refractivity contribution < 1.29 is 23.1 Å². The van der Waals surface area contributed by atoms with Gasteiger partial charge in [-0.1, -0.05) is 11.6 Å². The number of halogens is 4.